The van der Waals surface area contributed by atoms with Crippen molar-refractivity contribution in [3.05, 3.63) is 53.9 Å². The summed E-state index contributed by atoms with van der Waals surface area (Å²) in [5.41, 5.74) is 1.11. The second-order valence-electron chi connectivity index (χ2n) is 7.02. The zero-order valence-electron chi connectivity index (χ0n) is 15.7. The third-order valence-electron chi connectivity index (χ3n) is 4.83. The highest BCUT2D eigenvalue weighted by molar-refractivity contribution is 5.20. The Bertz CT molecular complexity index is 574. The summed E-state index contributed by atoms with van der Waals surface area (Å²) in [4.78, 5) is 4.47. The molecule has 0 bridgehead atoms. The lowest BCUT2D eigenvalue weighted by Crippen LogP contribution is -2.04. The Morgan fingerprint density at radius 1 is 0.840 bits per heavy atom. The van der Waals surface area contributed by atoms with E-state index in [9.17, 15) is 4.39 Å². The molecule has 0 aliphatic heterocycles. The molecule has 0 amide bonds. The lowest BCUT2D eigenvalue weighted by Gasteiger charge is -2.08. The van der Waals surface area contributed by atoms with Gasteiger partial charge in [0.15, 0.2) is 0 Å². The molecule has 0 aliphatic carbocycles. The number of imidazole rings is 1. The van der Waals surface area contributed by atoms with Gasteiger partial charge in [-0.2, -0.15) is 0 Å². The molecular formula is C22H33FN2. The predicted octanol–water partition coefficient (Wildman–Crippen LogP) is 6.53. The lowest BCUT2D eigenvalue weighted by molar-refractivity contribution is 0.529. The van der Waals surface area contributed by atoms with Gasteiger partial charge in [-0.05, 0) is 24.1 Å². The molecule has 3 heteroatoms. The van der Waals surface area contributed by atoms with Crippen LogP contribution in [0.5, 0.6) is 0 Å². The number of unbranched alkanes of at least 4 members (excludes halogenated alkanes) is 9. The molecule has 2 rings (SSSR count). The summed E-state index contributed by atoms with van der Waals surface area (Å²) in [5, 5.41) is 0. The van der Waals surface area contributed by atoms with Crippen molar-refractivity contribution in [2.45, 2.75) is 84.1 Å². The van der Waals surface area contributed by atoms with Gasteiger partial charge in [0.1, 0.15) is 11.6 Å². The standard InChI is InChI=1S/C22H33FN2/c1-2-3-4-5-6-7-8-9-10-11-17-25-18-16-24-22(25)19-20-12-14-21(23)15-13-20/h12-16,18H,2-11,17,19H2,1H3. The van der Waals surface area contributed by atoms with E-state index < -0.39 is 0 Å². The summed E-state index contributed by atoms with van der Waals surface area (Å²) in [6, 6.07) is 6.72. The van der Waals surface area contributed by atoms with Gasteiger partial charge in [-0.25, -0.2) is 9.37 Å². The molecule has 1 heterocycles. The van der Waals surface area contributed by atoms with Crippen LogP contribution in [0.1, 0.15) is 82.5 Å². The molecule has 1 aromatic heterocycles. The van der Waals surface area contributed by atoms with Gasteiger partial charge in [-0.3, -0.25) is 0 Å². The van der Waals surface area contributed by atoms with Crippen LogP contribution in [0.3, 0.4) is 0 Å². The summed E-state index contributed by atoms with van der Waals surface area (Å²) >= 11 is 0. The van der Waals surface area contributed by atoms with E-state index in [4.69, 9.17) is 0 Å². The first-order valence-electron chi connectivity index (χ1n) is 10.0. The summed E-state index contributed by atoms with van der Waals surface area (Å²) in [7, 11) is 0. The van der Waals surface area contributed by atoms with Crippen LogP contribution in [0.2, 0.25) is 0 Å². The Balaban J connectivity index is 1.59. The van der Waals surface area contributed by atoms with Crippen LogP contribution < -0.4 is 0 Å². The highest BCUT2D eigenvalue weighted by Crippen LogP contribution is 2.13. The molecule has 0 fully saturated rings. The molecular weight excluding hydrogens is 311 g/mol. The summed E-state index contributed by atoms with van der Waals surface area (Å²) in [6.07, 6.45) is 18.3. The van der Waals surface area contributed by atoms with Gasteiger partial charge in [-0.15, -0.1) is 0 Å². The Morgan fingerprint density at radius 3 is 2.08 bits per heavy atom. The molecule has 0 aliphatic rings. The van der Waals surface area contributed by atoms with E-state index in [-0.39, 0.29) is 5.82 Å². The molecule has 138 valence electrons. The fourth-order valence-electron chi connectivity index (χ4n) is 3.27. The highest BCUT2D eigenvalue weighted by atomic mass is 19.1. The van der Waals surface area contributed by atoms with Gasteiger partial charge >= 0.3 is 0 Å². The maximum absolute atomic E-state index is 13.0. The number of rotatable bonds is 13. The second kappa shape index (κ2) is 11.8. The van der Waals surface area contributed by atoms with Gasteiger partial charge in [0.25, 0.3) is 0 Å². The van der Waals surface area contributed by atoms with Crippen LogP contribution in [0.15, 0.2) is 36.7 Å². The van der Waals surface area contributed by atoms with Crippen LogP contribution in [0.4, 0.5) is 4.39 Å². The molecule has 2 aromatic rings. The normalized spacial score (nSPS) is 11.1. The zero-order chi connectivity index (χ0) is 17.7. The van der Waals surface area contributed by atoms with E-state index in [1.165, 1.54) is 76.3 Å². The average Bonchev–Trinajstić information content (AvgIpc) is 3.05. The van der Waals surface area contributed by atoms with Gasteiger partial charge in [-0.1, -0.05) is 76.8 Å². The van der Waals surface area contributed by atoms with Gasteiger partial charge in [0, 0.05) is 25.4 Å². The number of aryl methyl sites for hydroxylation is 1. The number of halogens is 1. The average molecular weight is 345 g/mol. The maximum Gasteiger partial charge on any atom is 0.123 e. The summed E-state index contributed by atoms with van der Waals surface area (Å²) in [6.45, 7) is 3.30. The molecule has 1 aromatic carbocycles. The Morgan fingerprint density at radius 2 is 1.44 bits per heavy atom. The van der Waals surface area contributed by atoms with E-state index in [0.717, 1.165) is 24.4 Å². The van der Waals surface area contributed by atoms with Gasteiger partial charge in [0.2, 0.25) is 0 Å². The van der Waals surface area contributed by atoms with Crippen molar-refractivity contribution in [3.8, 4) is 0 Å². The summed E-state index contributed by atoms with van der Waals surface area (Å²) in [5.74, 6) is 0.889. The Hall–Kier alpha value is -1.64. The molecule has 2 nitrogen and oxygen atoms in total. The monoisotopic (exact) mass is 344 g/mol. The molecule has 0 N–H and O–H groups in total. The highest BCUT2D eigenvalue weighted by Gasteiger charge is 2.04. The maximum atomic E-state index is 13.0. The quantitative estimate of drug-likeness (QED) is 0.377. The van der Waals surface area contributed by atoms with E-state index in [1.54, 1.807) is 0 Å². The van der Waals surface area contributed by atoms with Crippen molar-refractivity contribution in [2.75, 3.05) is 0 Å². The van der Waals surface area contributed by atoms with Crippen molar-refractivity contribution < 1.29 is 4.39 Å². The largest absolute Gasteiger partial charge is 0.335 e. The fourth-order valence-corrected chi connectivity index (χ4v) is 3.27. The molecule has 0 saturated carbocycles. The minimum absolute atomic E-state index is 0.183. The van der Waals surface area contributed by atoms with Crippen LogP contribution in [-0.4, -0.2) is 9.55 Å². The van der Waals surface area contributed by atoms with E-state index in [1.807, 2.05) is 18.3 Å². The lowest BCUT2D eigenvalue weighted by atomic mass is 10.1. The van der Waals surface area contributed by atoms with Crippen molar-refractivity contribution in [1.29, 1.82) is 0 Å². The Kier molecular flexibility index (Phi) is 9.32. The minimum Gasteiger partial charge on any atom is -0.335 e. The molecule has 0 unspecified atom stereocenters. The van der Waals surface area contributed by atoms with E-state index >= 15 is 0 Å². The van der Waals surface area contributed by atoms with Crippen molar-refractivity contribution >= 4 is 0 Å². The van der Waals surface area contributed by atoms with Crippen molar-refractivity contribution in [1.82, 2.24) is 9.55 Å². The van der Waals surface area contributed by atoms with Crippen LogP contribution in [0, 0.1) is 5.82 Å². The van der Waals surface area contributed by atoms with Crippen molar-refractivity contribution in [2.24, 2.45) is 0 Å². The molecule has 25 heavy (non-hydrogen) atoms. The predicted molar refractivity (Wildman–Crippen MR) is 103 cm³/mol. The smallest absolute Gasteiger partial charge is 0.123 e. The van der Waals surface area contributed by atoms with E-state index in [0.29, 0.717) is 0 Å². The first-order chi connectivity index (χ1) is 12.3. The number of hydrogen-bond acceptors (Lipinski definition) is 1. The third kappa shape index (κ3) is 7.85. The van der Waals surface area contributed by atoms with Crippen LogP contribution >= 0.6 is 0 Å². The van der Waals surface area contributed by atoms with Crippen molar-refractivity contribution in [3.63, 3.8) is 0 Å². The molecule has 0 saturated heterocycles. The second-order valence-corrected chi connectivity index (χ2v) is 7.02. The number of aromatic nitrogens is 2. The first-order valence-corrected chi connectivity index (χ1v) is 10.0. The van der Waals surface area contributed by atoms with Gasteiger partial charge < -0.3 is 4.57 Å². The van der Waals surface area contributed by atoms with Gasteiger partial charge in [0.05, 0.1) is 0 Å². The van der Waals surface area contributed by atoms with E-state index in [2.05, 4.69) is 22.7 Å². The SMILES string of the molecule is CCCCCCCCCCCCn1ccnc1Cc1ccc(F)cc1. The third-order valence-corrected chi connectivity index (χ3v) is 4.83. The molecule has 0 spiro atoms. The topological polar surface area (TPSA) is 17.8 Å². The number of nitrogens with zero attached hydrogens (tertiary/aromatic N) is 2. The minimum atomic E-state index is -0.183. The molecule has 0 radical (unpaired) electrons. The molecule has 0 atom stereocenters. The van der Waals surface area contributed by atoms with Crippen LogP contribution in [0.25, 0.3) is 0 Å². The fraction of sp³-hybridized carbons (Fsp3) is 0.591. The summed E-state index contributed by atoms with van der Waals surface area (Å²) < 4.78 is 15.2. The van der Waals surface area contributed by atoms with Crippen LogP contribution in [-0.2, 0) is 13.0 Å². The zero-order valence-corrected chi connectivity index (χ0v) is 15.7. The first kappa shape index (κ1) is 19.7. The number of hydrogen-bond donors (Lipinski definition) is 0. The Labute approximate surface area is 152 Å². The number of benzene rings is 1.